The second kappa shape index (κ2) is 5.63. The Hall–Kier alpha value is -0.990. The predicted octanol–water partition coefficient (Wildman–Crippen LogP) is 1.29. The Morgan fingerprint density at radius 3 is 1.33 bits per heavy atom. The van der Waals surface area contributed by atoms with Crippen LogP contribution in [0.2, 0.25) is 0 Å². The van der Waals surface area contributed by atoms with Crippen LogP contribution in [0.4, 0.5) is 0 Å². The Labute approximate surface area is 72.1 Å². The van der Waals surface area contributed by atoms with Gasteiger partial charge in [0.05, 0.1) is 12.8 Å². The van der Waals surface area contributed by atoms with Crippen molar-refractivity contribution >= 4 is 17.3 Å². The maximum Gasteiger partial charge on any atom is 0.147 e. The molecule has 0 saturated heterocycles. The summed E-state index contributed by atoms with van der Waals surface area (Å²) in [6.45, 7) is 3.41. The van der Waals surface area contributed by atoms with E-state index in [9.17, 15) is 14.4 Å². The quantitative estimate of drug-likeness (QED) is 0.564. The number of ketones is 3. The fourth-order valence-corrected chi connectivity index (χ4v) is 0.752. The SMILES string of the molecule is CCC(=O)CC(=O)CC(=O)CC. The third-order valence-corrected chi connectivity index (χ3v) is 1.58. The molecule has 0 spiro atoms. The van der Waals surface area contributed by atoms with Gasteiger partial charge in [-0.25, -0.2) is 0 Å². The first-order valence-corrected chi connectivity index (χ1v) is 4.15. The number of hydrogen-bond donors (Lipinski definition) is 0. The standard InChI is InChI=1S/C9H14O3/c1-3-7(10)5-9(12)6-8(11)4-2/h3-6H2,1-2H3. The predicted molar refractivity (Wildman–Crippen MR) is 44.8 cm³/mol. The van der Waals surface area contributed by atoms with Crippen molar-refractivity contribution in [1.82, 2.24) is 0 Å². The van der Waals surface area contributed by atoms with Gasteiger partial charge < -0.3 is 0 Å². The Morgan fingerprint density at radius 1 is 0.750 bits per heavy atom. The van der Waals surface area contributed by atoms with Crippen molar-refractivity contribution in [2.75, 3.05) is 0 Å². The fourth-order valence-electron chi connectivity index (χ4n) is 0.752. The van der Waals surface area contributed by atoms with Gasteiger partial charge in [-0.3, -0.25) is 14.4 Å². The van der Waals surface area contributed by atoms with Gasteiger partial charge in [0.2, 0.25) is 0 Å². The van der Waals surface area contributed by atoms with E-state index >= 15 is 0 Å². The first-order valence-electron chi connectivity index (χ1n) is 4.15. The van der Waals surface area contributed by atoms with Crippen molar-refractivity contribution in [3.05, 3.63) is 0 Å². The molecule has 3 nitrogen and oxygen atoms in total. The lowest BCUT2D eigenvalue weighted by molar-refractivity contribution is -0.129. The lowest BCUT2D eigenvalue weighted by Gasteiger charge is -1.96. The molecule has 0 aromatic heterocycles. The molecule has 0 radical (unpaired) electrons. The van der Waals surface area contributed by atoms with Crippen LogP contribution in [0.25, 0.3) is 0 Å². The highest BCUT2D eigenvalue weighted by Crippen LogP contribution is 1.97. The Bertz CT molecular complexity index is 174. The second-order valence-corrected chi connectivity index (χ2v) is 2.68. The van der Waals surface area contributed by atoms with Crippen LogP contribution in [-0.2, 0) is 14.4 Å². The van der Waals surface area contributed by atoms with E-state index in [1.165, 1.54) is 0 Å². The summed E-state index contributed by atoms with van der Waals surface area (Å²) in [4.78, 5) is 32.5. The smallest absolute Gasteiger partial charge is 0.147 e. The first kappa shape index (κ1) is 11.0. The monoisotopic (exact) mass is 170 g/mol. The minimum absolute atomic E-state index is 0.0811. The van der Waals surface area contributed by atoms with Crippen LogP contribution in [0.1, 0.15) is 39.5 Å². The van der Waals surface area contributed by atoms with Crippen LogP contribution in [-0.4, -0.2) is 17.3 Å². The summed E-state index contributed by atoms with van der Waals surface area (Å²) < 4.78 is 0. The van der Waals surface area contributed by atoms with Gasteiger partial charge in [-0.15, -0.1) is 0 Å². The molecule has 0 aromatic carbocycles. The van der Waals surface area contributed by atoms with E-state index in [1.807, 2.05) is 0 Å². The number of carbonyl (C=O) groups is 3. The molecule has 0 aliphatic heterocycles. The van der Waals surface area contributed by atoms with Crippen molar-refractivity contribution in [1.29, 1.82) is 0 Å². The van der Waals surface area contributed by atoms with Crippen LogP contribution < -0.4 is 0 Å². The molecule has 0 N–H and O–H groups in total. The molecule has 0 aliphatic rings. The van der Waals surface area contributed by atoms with Gasteiger partial charge >= 0.3 is 0 Å². The summed E-state index contributed by atoms with van der Waals surface area (Å²) in [6, 6.07) is 0. The second-order valence-electron chi connectivity index (χ2n) is 2.68. The molecular weight excluding hydrogens is 156 g/mol. The van der Waals surface area contributed by atoms with Crippen molar-refractivity contribution in [3.8, 4) is 0 Å². The molecule has 0 aromatic rings. The van der Waals surface area contributed by atoms with E-state index in [-0.39, 0.29) is 30.2 Å². The largest absolute Gasteiger partial charge is 0.299 e. The van der Waals surface area contributed by atoms with E-state index in [4.69, 9.17) is 0 Å². The van der Waals surface area contributed by atoms with Gasteiger partial charge in [0, 0.05) is 12.8 Å². The Morgan fingerprint density at radius 2 is 1.08 bits per heavy atom. The molecule has 12 heavy (non-hydrogen) atoms. The molecule has 68 valence electrons. The Kier molecular flexibility index (Phi) is 5.17. The maximum atomic E-state index is 10.9. The zero-order valence-corrected chi connectivity index (χ0v) is 7.55. The average molecular weight is 170 g/mol. The summed E-state index contributed by atoms with van der Waals surface area (Å²) in [5.74, 6) is -0.443. The van der Waals surface area contributed by atoms with E-state index in [0.717, 1.165) is 0 Å². The van der Waals surface area contributed by atoms with Crippen LogP contribution >= 0.6 is 0 Å². The number of rotatable bonds is 6. The van der Waals surface area contributed by atoms with Crippen LogP contribution in [0.15, 0.2) is 0 Å². The molecule has 0 atom stereocenters. The molecule has 3 heteroatoms. The number of hydrogen-bond acceptors (Lipinski definition) is 3. The van der Waals surface area contributed by atoms with Crippen molar-refractivity contribution < 1.29 is 14.4 Å². The van der Waals surface area contributed by atoms with Gasteiger partial charge in [-0.1, -0.05) is 13.8 Å². The van der Waals surface area contributed by atoms with Crippen LogP contribution in [0.5, 0.6) is 0 Å². The molecular formula is C9H14O3. The highest BCUT2D eigenvalue weighted by Gasteiger charge is 2.10. The number of Topliss-reactive ketones (excluding diaryl/α,β-unsaturated/α-hetero) is 3. The van der Waals surface area contributed by atoms with E-state index in [2.05, 4.69) is 0 Å². The maximum absolute atomic E-state index is 10.9. The highest BCUT2D eigenvalue weighted by molar-refractivity contribution is 6.07. The average Bonchev–Trinajstić information content (AvgIpc) is 2.03. The topological polar surface area (TPSA) is 51.2 Å². The van der Waals surface area contributed by atoms with Gasteiger partial charge in [-0.2, -0.15) is 0 Å². The summed E-state index contributed by atoms with van der Waals surface area (Å²) in [5.41, 5.74) is 0. The molecule has 0 amide bonds. The summed E-state index contributed by atoms with van der Waals surface area (Å²) >= 11 is 0. The third-order valence-electron chi connectivity index (χ3n) is 1.58. The van der Waals surface area contributed by atoms with Gasteiger partial charge in [0.25, 0.3) is 0 Å². The highest BCUT2D eigenvalue weighted by atomic mass is 16.2. The zero-order chi connectivity index (χ0) is 9.56. The van der Waals surface area contributed by atoms with Crippen LogP contribution in [0.3, 0.4) is 0 Å². The molecule has 0 bridgehead atoms. The minimum Gasteiger partial charge on any atom is -0.299 e. The number of carbonyl (C=O) groups excluding carboxylic acids is 3. The van der Waals surface area contributed by atoms with Crippen molar-refractivity contribution in [2.24, 2.45) is 0 Å². The van der Waals surface area contributed by atoms with Gasteiger partial charge in [0.15, 0.2) is 0 Å². The first-order chi connectivity index (χ1) is 5.60. The van der Waals surface area contributed by atoms with E-state index in [1.54, 1.807) is 13.8 Å². The molecule has 0 heterocycles. The van der Waals surface area contributed by atoms with Gasteiger partial charge in [-0.05, 0) is 0 Å². The summed E-state index contributed by atoms with van der Waals surface area (Å²) in [6.07, 6.45) is 0.572. The van der Waals surface area contributed by atoms with Gasteiger partial charge in [0.1, 0.15) is 17.3 Å². The zero-order valence-electron chi connectivity index (χ0n) is 7.55. The Balaban J connectivity index is 3.74. The normalized spacial score (nSPS) is 9.50. The molecule has 0 saturated carbocycles. The summed E-state index contributed by atoms with van der Waals surface area (Å²) in [5, 5.41) is 0. The lowest BCUT2D eigenvalue weighted by atomic mass is 10.1. The fraction of sp³-hybridized carbons (Fsp3) is 0.667. The molecule has 0 aliphatic carbocycles. The van der Waals surface area contributed by atoms with Crippen molar-refractivity contribution in [3.63, 3.8) is 0 Å². The van der Waals surface area contributed by atoms with Crippen molar-refractivity contribution in [2.45, 2.75) is 39.5 Å². The molecule has 0 fully saturated rings. The molecule has 0 unspecified atom stereocenters. The summed E-state index contributed by atoms with van der Waals surface area (Å²) in [7, 11) is 0. The van der Waals surface area contributed by atoms with Crippen LogP contribution in [0, 0.1) is 0 Å². The minimum atomic E-state index is -0.256. The molecule has 0 rings (SSSR count). The lowest BCUT2D eigenvalue weighted by Crippen LogP contribution is -2.11. The van der Waals surface area contributed by atoms with E-state index in [0.29, 0.717) is 12.8 Å². The van der Waals surface area contributed by atoms with E-state index < -0.39 is 0 Å². The third kappa shape index (κ3) is 4.77.